The molecule has 2 N–H and O–H groups in total. The fourth-order valence-corrected chi connectivity index (χ4v) is 0.934. The lowest BCUT2D eigenvalue weighted by molar-refractivity contribution is 0.174. The fraction of sp³-hybridized carbons (Fsp3) is 0.800. The molecule has 0 saturated heterocycles. The molecule has 0 heterocycles. The Bertz CT molecular complexity index is 178. The first-order chi connectivity index (χ1) is 6.70. The van der Waals surface area contributed by atoms with Gasteiger partial charge in [-0.05, 0) is 14.1 Å². The number of rotatable bonds is 6. The van der Waals surface area contributed by atoms with Gasteiger partial charge in [0.2, 0.25) is 0 Å². The van der Waals surface area contributed by atoms with Crippen molar-refractivity contribution >= 4 is 0 Å². The second kappa shape index (κ2) is 8.97. The second-order valence-corrected chi connectivity index (χ2v) is 3.31. The SMILES string of the molecule is CN(C)CC#CCN(CCO)CCO. The van der Waals surface area contributed by atoms with Crippen molar-refractivity contribution in [2.24, 2.45) is 0 Å². The van der Waals surface area contributed by atoms with Crippen molar-refractivity contribution in [3.63, 3.8) is 0 Å². The van der Waals surface area contributed by atoms with Crippen LogP contribution in [0.15, 0.2) is 0 Å². The summed E-state index contributed by atoms with van der Waals surface area (Å²) in [6.45, 7) is 2.69. The molecule has 0 radical (unpaired) electrons. The molecule has 0 spiro atoms. The molecule has 0 fully saturated rings. The number of hydrogen-bond donors (Lipinski definition) is 2. The average molecular weight is 200 g/mol. The van der Waals surface area contributed by atoms with Crippen LogP contribution in [-0.4, -0.2) is 73.5 Å². The van der Waals surface area contributed by atoms with E-state index in [1.165, 1.54) is 0 Å². The van der Waals surface area contributed by atoms with Crippen LogP contribution in [0.25, 0.3) is 0 Å². The summed E-state index contributed by atoms with van der Waals surface area (Å²) in [5.74, 6) is 6.00. The summed E-state index contributed by atoms with van der Waals surface area (Å²) >= 11 is 0. The van der Waals surface area contributed by atoms with Gasteiger partial charge in [0.1, 0.15) is 0 Å². The molecule has 0 aromatic rings. The van der Waals surface area contributed by atoms with Crippen molar-refractivity contribution in [3.8, 4) is 11.8 Å². The second-order valence-electron chi connectivity index (χ2n) is 3.31. The topological polar surface area (TPSA) is 46.9 Å². The smallest absolute Gasteiger partial charge is 0.0603 e. The highest BCUT2D eigenvalue weighted by molar-refractivity contribution is 5.02. The average Bonchev–Trinajstić information content (AvgIpc) is 2.12. The predicted octanol–water partition coefficient (Wildman–Crippen LogP) is -1.16. The Morgan fingerprint density at radius 3 is 1.86 bits per heavy atom. The highest BCUT2D eigenvalue weighted by Gasteiger charge is 1.99. The number of nitrogens with zero attached hydrogens (tertiary/aromatic N) is 2. The maximum absolute atomic E-state index is 8.73. The van der Waals surface area contributed by atoms with E-state index in [9.17, 15) is 0 Å². The highest BCUT2D eigenvalue weighted by Crippen LogP contribution is 1.84. The van der Waals surface area contributed by atoms with Crippen LogP contribution in [0.5, 0.6) is 0 Å². The van der Waals surface area contributed by atoms with E-state index in [-0.39, 0.29) is 13.2 Å². The largest absolute Gasteiger partial charge is 0.395 e. The third kappa shape index (κ3) is 8.02. The molecule has 0 saturated carbocycles. The van der Waals surface area contributed by atoms with Gasteiger partial charge in [-0.2, -0.15) is 0 Å². The maximum atomic E-state index is 8.73. The van der Waals surface area contributed by atoms with Crippen LogP contribution in [0.3, 0.4) is 0 Å². The third-order valence-electron chi connectivity index (χ3n) is 1.66. The monoisotopic (exact) mass is 200 g/mol. The van der Waals surface area contributed by atoms with Crippen molar-refractivity contribution in [3.05, 3.63) is 0 Å². The van der Waals surface area contributed by atoms with E-state index in [4.69, 9.17) is 10.2 Å². The summed E-state index contributed by atoms with van der Waals surface area (Å²) in [6, 6.07) is 0. The molecule has 4 heteroatoms. The van der Waals surface area contributed by atoms with Gasteiger partial charge < -0.3 is 10.2 Å². The molecule has 0 unspecified atom stereocenters. The van der Waals surface area contributed by atoms with Crippen molar-refractivity contribution in [1.82, 2.24) is 9.80 Å². The first-order valence-corrected chi connectivity index (χ1v) is 4.75. The van der Waals surface area contributed by atoms with Crippen LogP contribution in [-0.2, 0) is 0 Å². The van der Waals surface area contributed by atoms with Gasteiger partial charge in [-0.1, -0.05) is 11.8 Å². The molecule has 0 aliphatic rings. The van der Waals surface area contributed by atoms with Crippen LogP contribution >= 0.6 is 0 Å². The first kappa shape index (κ1) is 13.4. The minimum atomic E-state index is 0.107. The van der Waals surface area contributed by atoms with E-state index < -0.39 is 0 Å². The van der Waals surface area contributed by atoms with Crippen molar-refractivity contribution in [2.75, 3.05) is 53.5 Å². The minimum absolute atomic E-state index is 0.107. The van der Waals surface area contributed by atoms with Gasteiger partial charge in [-0.15, -0.1) is 0 Å². The van der Waals surface area contributed by atoms with Gasteiger partial charge in [0.25, 0.3) is 0 Å². The van der Waals surface area contributed by atoms with Crippen molar-refractivity contribution < 1.29 is 10.2 Å². The molecule has 0 rings (SSSR count). The van der Waals surface area contributed by atoms with E-state index in [1.807, 2.05) is 23.9 Å². The summed E-state index contributed by atoms with van der Waals surface area (Å²) in [5.41, 5.74) is 0. The van der Waals surface area contributed by atoms with E-state index in [0.29, 0.717) is 19.6 Å². The van der Waals surface area contributed by atoms with Gasteiger partial charge in [0, 0.05) is 13.1 Å². The number of aliphatic hydroxyl groups excluding tert-OH is 2. The first-order valence-electron chi connectivity index (χ1n) is 4.75. The van der Waals surface area contributed by atoms with E-state index in [2.05, 4.69) is 11.8 Å². The molecular weight excluding hydrogens is 180 g/mol. The van der Waals surface area contributed by atoms with Gasteiger partial charge >= 0.3 is 0 Å². The third-order valence-corrected chi connectivity index (χ3v) is 1.66. The Kier molecular flexibility index (Phi) is 8.59. The molecule has 0 atom stereocenters. The Balaban J connectivity index is 3.71. The minimum Gasteiger partial charge on any atom is -0.395 e. The molecule has 82 valence electrons. The van der Waals surface area contributed by atoms with Crippen LogP contribution in [0, 0.1) is 11.8 Å². The normalized spacial score (nSPS) is 10.4. The zero-order chi connectivity index (χ0) is 10.8. The fourth-order valence-electron chi connectivity index (χ4n) is 0.934. The summed E-state index contributed by atoms with van der Waals surface area (Å²) in [4.78, 5) is 3.91. The molecule has 0 aliphatic heterocycles. The molecule has 14 heavy (non-hydrogen) atoms. The zero-order valence-corrected chi connectivity index (χ0v) is 9.03. The van der Waals surface area contributed by atoms with Gasteiger partial charge in [0.05, 0.1) is 26.3 Å². The summed E-state index contributed by atoms with van der Waals surface area (Å²) < 4.78 is 0. The lowest BCUT2D eigenvalue weighted by Gasteiger charge is -2.16. The Labute approximate surface area is 86.1 Å². The van der Waals surface area contributed by atoms with Crippen molar-refractivity contribution in [1.29, 1.82) is 0 Å². The lowest BCUT2D eigenvalue weighted by atomic mass is 10.4. The molecule has 4 nitrogen and oxygen atoms in total. The molecule has 0 amide bonds. The summed E-state index contributed by atoms with van der Waals surface area (Å²) in [6.07, 6.45) is 0. The van der Waals surface area contributed by atoms with Crippen LogP contribution in [0.2, 0.25) is 0 Å². The van der Waals surface area contributed by atoms with Crippen LogP contribution in [0.4, 0.5) is 0 Å². The molecular formula is C10H20N2O2. The highest BCUT2D eigenvalue weighted by atomic mass is 16.3. The van der Waals surface area contributed by atoms with Crippen LogP contribution < -0.4 is 0 Å². The Hall–Kier alpha value is -0.600. The number of hydrogen-bond acceptors (Lipinski definition) is 4. The van der Waals surface area contributed by atoms with Crippen LogP contribution in [0.1, 0.15) is 0 Å². The quantitative estimate of drug-likeness (QED) is 0.531. The van der Waals surface area contributed by atoms with E-state index >= 15 is 0 Å². The molecule has 0 aromatic carbocycles. The standard InChI is InChI=1S/C10H20N2O2/c1-11(2)5-3-4-6-12(7-9-13)8-10-14/h13-14H,5-10H2,1-2H3. The van der Waals surface area contributed by atoms with Crippen molar-refractivity contribution in [2.45, 2.75) is 0 Å². The molecule has 0 bridgehead atoms. The molecule has 0 aromatic heterocycles. The summed E-state index contributed by atoms with van der Waals surface area (Å²) in [7, 11) is 3.93. The van der Waals surface area contributed by atoms with Gasteiger partial charge in [0.15, 0.2) is 0 Å². The van der Waals surface area contributed by atoms with Gasteiger partial charge in [-0.25, -0.2) is 0 Å². The van der Waals surface area contributed by atoms with E-state index in [0.717, 1.165) is 6.54 Å². The number of aliphatic hydroxyl groups is 2. The van der Waals surface area contributed by atoms with E-state index in [1.54, 1.807) is 0 Å². The van der Waals surface area contributed by atoms with Gasteiger partial charge in [-0.3, -0.25) is 9.80 Å². The Morgan fingerprint density at radius 2 is 1.43 bits per heavy atom. The maximum Gasteiger partial charge on any atom is 0.0603 e. The predicted molar refractivity (Wildman–Crippen MR) is 56.9 cm³/mol. The lowest BCUT2D eigenvalue weighted by Crippen LogP contribution is -2.30. The Morgan fingerprint density at radius 1 is 0.929 bits per heavy atom. The molecule has 0 aliphatic carbocycles. The zero-order valence-electron chi connectivity index (χ0n) is 9.03. The summed E-state index contributed by atoms with van der Waals surface area (Å²) in [5, 5.41) is 17.5.